The highest BCUT2D eigenvalue weighted by atomic mass is 35.5. The molecule has 0 unspecified atom stereocenters. The lowest BCUT2D eigenvalue weighted by Gasteiger charge is -2.27. The number of urea groups is 1. The number of hydrogen-bond donors (Lipinski definition) is 1. The van der Waals surface area contributed by atoms with Crippen molar-refractivity contribution in [2.45, 2.75) is 31.3 Å². The molecule has 0 aliphatic rings. The van der Waals surface area contributed by atoms with Crippen molar-refractivity contribution in [1.82, 2.24) is 4.90 Å². The van der Waals surface area contributed by atoms with Gasteiger partial charge in [-0.05, 0) is 74.0 Å². The van der Waals surface area contributed by atoms with E-state index in [1.165, 1.54) is 18.2 Å². The minimum atomic E-state index is -4.14. The molecule has 0 aliphatic carbocycles. The molecule has 0 radical (unpaired) electrons. The van der Waals surface area contributed by atoms with Crippen molar-refractivity contribution in [2.24, 2.45) is 0 Å². The van der Waals surface area contributed by atoms with Gasteiger partial charge < -0.3 is 14.4 Å². The fourth-order valence-corrected chi connectivity index (χ4v) is 4.31. The van der Waals surface area contributed by atoms with Crippen molar-refractivity contribution in [3.63, 3.8) is 0 Å². The summed E-state index contributed by atoms with van der Waals surface area (Å²) in [5, 5.41) is 3.51. The molecule has 33 heavy (non-hydrogen) atoms. The highest BCUT2D eigenvalue weighted by molar-refractivity contribution is 7.87. The molecule has 3 aromatic rings. The first kappa shape index (κ1) is 24.8. The van der Waals surface area contributed by atoms with Crippen molar-refractivity contribution < 1.29 is 21.8 Å². The van der Waals surface area contributed by atoms with E-state index in [1.807, 2.05) is 13.8 Å². The minimum absolute atomic E-state index is 0.0710. The average molecular weight is 511 g/mol. The number of carbonyl (C=O) groups is 1. The SMILES string of the molecule is CC(C)N(Cc1cccc(OS(=O)(=O)c2ccc(F)cc2)c1)C(=O)Nc1ccc(Cl)cc1Cl. The van der Waals surface area contributed by atoms with Crippen LogP contribution in [0.4, 0.5) is 14.9 Å². The highest BCUT2D eigenvalue weighted by Gasteiger charge is 2.20. The van der Waals surface area contributed by atoms with Crippen molar-refractivity contribution in [2.75, 3.05) is 5.32 Å². The number of rotatable bonds is 7. The van der Waals surface area contributed by atoms with Crippen LogP contribution in [0, 0.1) is 5.82 Å². The molecular weight excluding hydrogens is 490 g/mol. The van der Waals surface area contributed by atoms with E-state index in [9.17, 15) is 17.6 Å². The largest absolute Gasteiger partial charge is 0.379 e. The van der Waals surface area contributed by atoms with E-state index in [1.54, 1.807) is 29.2 Å². The van der Waals surface area contributed by atoms with Crippen LogP contribution in [0.25, 0.3) is 0 Å². The van der Waals surface area contributed by atoms with Gasteiger partial charge in [-0.1, -0.05) is 35.3 Å². The third kappa shape index (κ3) is 6.60. The number of amides is 2. The summed E-state index contributed by atoms with van der Waals surface area (Å²) in [6, 6.07) is 14.9. The first-order chi connectivity index (χ1) is 15.5. The summed E-state index contributed by atoms with van der Waals surface area (Å²) in [5.41, 5.74) is 1.06. The first-order valence-corrected chi connectivity index (χ1v) is 12.0. The molecule has 0 spiro atoms. The molecule has 0 fully saturated rings. The van der Waals surface area contributed by atoms with E-state index in [0.717, 1.165) is 24.3 Å². The van der Waals surface area contributed by atoms with Crippen LogP contribution in [0.3, 0.4) is 0 Å². The second-order valence-electron chi connectivity index (χ2n) is 7.41. The third-order valence-electron chi connectivity index (χ3n) is 4.62. The zero-order valence-electron chi connectivity index (χ0n) is 17.8. The molecule has 0 atom stereocenters. The Kier molecular flexibility index (Phi) is 7.84. The predicted molar refractivity (Wildman–Crippen MR) is 127 cm³/mol. The van der Waals surface area contributed by atoms with Crippen molar-refractivity contribution >= 4 is 45.0 Å². The van der Waals surface area contributed by atoms with Gasteiger partial charge in [0.25, 0.3) is 0 Å². The summed E-state index contributed by atoms with van der Waals surface area (Å²) in [5.74, 6) is -0.482. The number of nitrogens with one attached hydrogen (secondary N) is 1. The average Bonchev–Trinajstić information content (AvgIpc) is 2.74. The molecule has 174 valence electrons. The van der Waals surface area contributed by atoms with Gasteiger partial charge in [-0.2, -0.15) is 8.42 Å². The van der Waals surface area contributed by atoms with Gasteiger partial charge in [-0.25, -0.2) is 9.18 Å². The van der Waals surface area contributed by atoms with Crippen molar-refractivity contribution in [3.8, 4) is 5.75 Å². The van der Waals surface area contributed by atoms with Gasteiger partial charge in [-0.15, -0.1) is 0 Å². The van der Waals surface area contributed by atoms with Gasteiger partial charge >= 0.3 is 16.1 Å². The smallest absolute Gasteiger partial charge is 0.339 e. The van der Waals surface area contributed by atoms with Crippen LogP contribution in [-0.2, 0) is 16.7 Å². The standard InChI is InChI=1S/C23H21Cl2FN2O4S/c1-15(2)28(23(29)27-22-11-6-17(24)13-21(22)25)14-16-4-3-5-19(12-16)32-33(30,31)20-9-7-18(26)8-10-20/h3-13,15H,14H2,1-2H3,(H,27,29). The van der Waals surface area contributed by atoms with Crippen LogP contribution in [0.1, 0.15) is 19.4 Å². The molecule has 2 amide bonds. The van der Waals surface area contributed by atoms with Crippen molar-refractivity contribution in [3.05, 3.63) is 88.2 Å². The number of anilines is 1. The Morgan fingerprint density at radius 2 is 1.76 bits per heavy atom. The van der Waals surface area contributed by atoms with E-state index >= 15 is 0 Å². The van der Waals surface area contributed by atoms with E-state index in [2.05, 4.69) is 5.32 Å². The van der Waals surface area contributed by atoms with Gasteiger partial charge in [0.15, 0.2) is 0 Å². The third-order valence-corrected chi connectivity index (χ3v) is 6.43. The second-order valence-corrected chi connectivity index (χ2v) is 9.80. The Bertz CT molecular complexity index is 1250. The maximum atomic E-state index is 13.1. The minimum Gasteiger partial charge on any atom is -0.379 e. The quantitative estimate of drug-likeness (QED) is 0.376. The Morgan fingerprint density at radius 3 is 2.39 bits per heavy atom. The Labute approximate surface area is 202 Å². The first-order valence-electron chi connectivity index (χ1n) is 9.87. The van der Waals surface area contributed by atoms with Gasteiger partial charge in [-0.3, -0.25) is 0 Å². The molecular formula is C23H21Cl2FN2O4S. The van der Waals surface area contributed by atoms with Crippen molar-refractivity contribution in [1.29, 1.82) is 0 Å². The fourth-order valence-electron chi connectivity index (χ4n) is 2.94. The van der Waals surface area contributed by atoms with Crippen LogP contribution in [0.2, 0.25) is 10.0 Å². The lowest BCUT2D eigenvalue weighted by molar-refractivity contribution is 0.193. The van der Waals surface area contributed by atoms with Gasteiger partial charge in [0.1, 0.15) is 16.5 Å². The highest BCUT2D eigenvalue weighted by Crippen LogP contribution is 2.26. The molecule has 0 saturated heterocycles. The van der Waals surface area contributed by atoms with E-state index < -0.39 is 15.9 Å². The number of nitrogens with zero attached hydrogens (tertiary/aromatic N) is 1. The van der Waals surface area contributed by atoms with E-state index in [4.69, 9.17) is 27.4 Å². The van der Waals surface area contributed by atoms with Crippen LogP contribution >= 0.6 is 23.2 Å². The molecule has 6 nitrogen and oxygen atoms in total. The Balaban J connectivity index is 1.76. The molecule has 1 N–H and O–H groups in total. The maximum Gasteiger partial charge on any atom is 0.339 e. The molecule has 10 heteroatoms. The number of carbonyl (C=O) groups excluding carboxylic acids is 1. The van der Waals surface area contributed by atoms with Crippen LogP contribution in [0.15, 0.2) is 71.6 Å². The Morgan fingerprint density at radius 1 is 1.06 bits per heavy atom. The van der Waals surface area contributed by atoms with Gasteiger partial charge in [0.05, 0.1) is 10.7 Å². The maximum absolute atomic E-state index is 13.1. The topological polar surface area (TPSA) is 75.7 Å². The molecule has 0 bridgehead atoms. The Hall–Kier alpha value is -2.81. The van der Waals surface area contributed by atoms with Gasteiger partial charge in [0.2, 0.25) is 0 Å². The molecule has 0 aromatic heterocycles. The molecule has 0 aliphatic heterocycles. The summed E-state index contributed by atoms with van der Waals surface area (Å²) in [6.45, 7) is 3.88. The summed E-state index contributed by atoms with van der Waals surface area (Å²) in [4.78, 5) is 14.3. The second kappa shape index (κ2) is 10.4. The van der Waals surface area contributed by atoms with E-state index in [-0.39, 0.29) is 29.3 Å². The lowest BCUT2D eigenvalue weighted by Crippen LogP contribution is -2.39. The van der Waals surface area contributed by atoms with Crippen LogP contribution in [0.5, 0.6) is 5.75 Å². The summed E-state index contributed by atoms with van der Waals surface area (Å²) in [7, 11) is -4.14. The summed E-state index contributed by atoms with van der Waals surface area (Å²) >= 11 is 12.0. The fraction of sp³-hybridized carbons (Fsp3) is 0.174. The van der Waals surface area contributed by atoms with Gasteiger partial charge in [0, 0.05) is 17.6 Å². The summed E-state index contributed by atoms with van der Waals surface area (Å²) < 4.78 is 43.3. The van der Waals surface area contributed by atoms with Crippen LogP contribution < -0.4 is 9.50 Å². The van der Waals surface area contributed by atoms with E-state index in [0.29, 0.717) is 21.3 Å². The zero-order chi connectivity index (χ0) is 24.2. The molecule has 0 heterocycles. The number of halogens is 3. The molecule has 3 rings (SSSR count). The molecule has 3 aromatic carbocycles. The zero-order valence-corrected chi connectivity index (χ0v) is 20.1. The molecule has 0 saturated carbocycles. The monoisotopic (exact) mass is 510 g/mol. The normalized spacial score (nSPS) is 11.3. The van der Waals surface area contributed by atoms with Crippen LogP contribution in [-0.4, -0.2) is 25.4 Å². The predicted octanol–water partition coefficient (Wildman–Crippen LogP) is 6.34. The summed E-state index contributed by atoms with van der Waals surface area (Å²) in [6.07, 6.45) is 0. The number of hydrogen-bond acceptors (Lipinski definition) is 4. The number of benzene rings is 3. The lowest BCUT2D eigenvalue weighted by atomic mass is 10.2.